The molecule has 3 amide bonds. The minimum Gasteiger partial charge on any atom is -0.444 e. The zero-order valence-electron chi connectivity index (χ0n) is 20.7. The van der Waals surface area contributed by atoms with Gasteiger partial charge in [0.1, 0.15) is 17.7 Å². The number of aliphatic hydroxyl groups is 1. The molecule has 2 aromatic carbocycles. The number of anilines is 1. The van der Waals surface area contributed by atoms with E-state index in [-0.39, 0.29) is 13.2 Å². The summed E-state index contributed by atoms with van der Waals surface area (Å²) < 4.78 is 5.25. The number of aryl methyl sites for hydroxylation is 2. The Labute approximate surface area is 201 Å². The van der Waals surface area contributed by atoms with E-state index in [1.807, 2.05) is 44.2 Å². The van der Waals surface area contributed by atoms with Crippen LogP contribution >= 0.6 is 0 Å². The third kappa shape index (κ3) is 7.31. The van der Waals surface area contributed by atoms with Crippen LogP contribution in [0.2, 0.25) is 0 Å². The molecule has 0 saturated carbocycles. The zero-order chi connectivity index (χ0) is 25.5. The van der Waals surface area contributed by atoms with Crippen molar-refractivity contribution in [3.63, 3.8) is 0 Å². The molecule has 2 aromatic rings. The molecule has 0 saturated heterocycles. The highest BCUT2D eigenvalue weighted by molar-refractivity contribution is 5.99. The van der Waals surface area contributed by atoms with E-state index < -0.39 is 35.6 Å². The summed E-state index contributed by atoms with van der Waals surface area (Å²) in [5, 5.41) is 15.2. The molecule has 184 valence electrons. The fourth-order valence-electron chi connectivity index (χ4n) is 3.53. The average Bonchev–Trinajstić information content (AvgIpc) is 2.74. The monoisotopic (exact) mass is 469 g/mol. The Kier molecular flexibility index (Phi) is 9.20. The number of para-hydroxylation sites is 1. The predicted molar refractivity (Wildman–Crippen MR) is 131 cm³/mol. The molecule has 3 N–H and O–H groups in total. The lowest BCUT2D eigenvalue weighted by Gasteiger charge is -2.34. The molecule has 8 nitrogen and oxygen atoms in total. The molecule has 2 rings (SSSR count). The van der Waals surface area contributed by atoms with Crippen LogP contribution in [0.5, 0.6) is 0 Å². The van der Waals surface area contributed by atoms with E-state index >= 15 is 0 Å². The van der Waals surface area contributed by atoms with E-state index in [2.05, 4.69) is 10.6 Å². The number of rotatable bonds is 8. The number of hydrogen-bond acceptors (Lipinski definition) is 5. The first-order valence-electron chi connectivity index (χ1n) is 11.3. The first kappa shape index (κ1) is 26.9. The fraction of sp³-hybridized carbons (Fsp3) is 0.423. The van der Waals surface area contributed by atoms with Crippen molar-refractivity contribution in [2.75, 3.05) is 18.5 Å². The maximum absolute atomic E-state index is 13.6. The molecule has 0 aliphatic rings. The van der Waals surface area contributed by atoms with Gasteiger partial charge in [0, 0.05) is 12.2 Å². The van der Waals surface area contributed by atoms with Crippen molar-refractivity contribution in [3.8, 4) is 0 Å². The van der Waals surface area contributed by atoms with Crippen LogP contribution < -0.4 is 10.6 Å². The summed E-state index contributed by atoms with van der Waals surface area (Å²) in [6.45, 7) is 9.97. The van der Waals surface area contributed by atoms with E-state index in [9.17, 15) is 19.5 Å². The quantitative estimate of drug-likeness (QED) is 0.546. The van der Waals surface area contributed by atoms with E-state index in [0.29, 0.717) is 11.3 Å². The smallest absolute Gasteiger partial charge is 0.408 e. The number of nitrogens with zero attached hydrogens (tertiary/aromatic N) is 1. The first-order valence-corrected chi connectivity index (χ1v) is 11.3. The number of alkyl carbamates (subject to hydrolysis) is 1. The molecule has 0 aliphatic carbocycles. The molecule has 0 aromatic heterocycles. The van der Waals surface area contributed by atoms with Gasteiger partial charge in [0.05, 0.1) is 6.61 Å². The van der Waals surface area contributed by atoms with Gasteiger partial charge in [-0.25, -0.2) is 4.79 Å². The highest BCUT2D eigenvalue weighted by Crippen LogP contribution is 2.27. The maximum atomic E-state index is 13.6. The van der Waals surface area contributed by atoms with E-state index in [1.54, 1.807) is 39.0 Å². The number of aliphatic hydroxyl groups excluding tert-OH is 1. The summed E-state index contributed by atoms with van der Waals surface area (Å²) in [4.78, 5) is 40.5. The number of hydrogen-bond donors (Lipinski definition) is 3. The van der Waals surface area contributed by atoms with Gasteiger partial charge in [-0.3, -0.25) is 9.59 Å². The van der Waals surface area contributed by atoms with Crippen molar-refractivity contribution in [2.45, 2.75) is 59.2 Å². The molecule has 0 heterocycles. The van der Waals surface area contributed by atoms with Crippen LogP contribution in [0.4, 0.5) is 10.5 Å². The fourth-order valence-corrected chi connectivity index (χ4v) is 3.53. The minimum absolute atomic E-state index is 0.0979. The molecular weight excluding hydrogens is 434 g/mol. The number of nitrogens with one attached hydrogen (secondary N) is 2. The zero-order valence-corrected chi connectivity index (χ0v) is 20.7. The summed E-state index contributed by atoms with van der Waals surface area (Å²) >= 11 is 0. The second-order valence-corrected chi connectivity index (χ2v) is 9.19. The molecule has 8 heteroatoms. The van der Waals surface area contributed by atoms with Crippen LogP contribution in [0.1, 0.15) is 50.4 Å². The molecule has 0 aliphatic heterocycles. The SMILES string of the molecule is Cc1ccccc1NC(=O)C(c1ccccc1C)N(CCO)C(=O)C(C)NC(=O)OC(C)(C)C. The first-order chi connectivity index (χ1) is 15.9. The molecule has 34 heavy (non-hydrogen) atoms. The Hall–Kier alpha value is -3.39. The molecule has 2 atom stereocenters. The standard InChI is InChI=1S/C26H35N3O5/c1-17-11-7-9-13-20(17)22(23(31)28-21-14-10-8-12-18(21)2)29(15-16-30)24(32)19(3)27-25(33)34-26(4,5)6/h7-14,19,22,30H,15-16H2,1-6H3,(H,27,33)(H,28,31). The summed E-state index contributed by atoms with van der Waals surface area (Å²) in [5.74, 6) is -0.942. The number of amides is 3. The molecule has 0 radical (unpaired) electrons. The number of benzene rings is 2. The van der Waals surface area contributed by atoms with Crippen molar-refractivity contribution >= 4 is 23.6 Å². The van der Waals surface area contributed by atoms with Gasteiger partial charge in [-0.2, -0.15) is 0 Å². The third-order valence-corrected chi connectivity index (χ3v) is 5.17. The number of carbonyl (C=O) groups excluding carboxylic acids is 3. The lowest BCUT2D eigenvalue weighted by molar-refractivity contribution is -0.141. The largest absolute Gasteiger partial charge is 0.444 e. The normalized spacial score (nSPS) is 12.9. The second kappa shape index (κ2) is 11.7. The van der Waals surface area contributed by atoms with Crippen LogP contribution in [-0.2, 0) is 14.3 Å². The van der Waals surface area contributed by atoms with Gasteiger partial charge < -0.3 is 25.4 Å². The Bertz CT molecular complexity index is 1020. The van der Waals surface area contributed by atoms with Crippen molar-refractivity contribution < 1.29 is 24.2 Å². The Morgan fingerprint density at radius 2 is 1.59 bits per heavy atom. The van der Waals surface area contributed by atoms with E-state index in [1.165, 1.54) is 11.8 Å². The van der Waals surface area contributed by atoms with Crippen LogP contribution in [0.15, 0.2) is 48.5 Å². The van der Waals surface area contributed by atoms with Crippen LogP contribution in [0, 0.1) is 13.8 Å². The van der Waals surface area contributed by atoms with E-state index in [0.717, 1.165) is 11.1 Å². The summed E-state index contributed by atoms with van der Waals surface area (Å²) in [6, 6.07) is 12.6. The Morgan fingerprint density at radius 1 is 1.00 bits per heavy atom. The number of carbonyl (C=O) groups is 3. The molecule has 0 bridgehead atoms. The average molecular weight is 470 g/mol. The van der Waals surface area contributed by atoms with E-state index in [4.69, 9.17) is 4.74 Å². The second-order valence-electron chi connectivity index (χ2n) is 9.19. The lowest BCUT2D eigenvalue weighted by Crippen LogP contribution is -2.52. The third-order valence-electron chi connectivity index (χ3n) is 5.17. The lowest BCUT2D eigenvalue weighted by atomic mass is 9.98. The minimum atomic E-state index is -1.02. The Morgan fingerprint density at radius 3 is 2.15 bits per heavy atom. The molecule has 0 spiro atoms. The maximum Gasteiger partial charge on any atom is 0.408 e. The van der Waals surface area contributed by atoms with Crippen molar-refractivity contribution in [1.82, 2.24) is 10.2 Å². The molecular formula is C26H35N3O5. The van der Waals surface area contributed by atoms with Crippen LogP contribution in [0.25, 0.3) is 0 Å². The topological polar surface area (TPSA) is 108 Å². The van der Waals surface area contributed by atoms with Crippen molar-refractivity contribution in [1.29, 1.82) is 0 Å². The molecule has 0 fully saturated rings. The highest BCUT2D eigenvalue weighted by atomic mass is 16.6. The summed E-state index contributed by atoms with van der Waals surface area (Å²) in [5.41, 5.74) is 2.21. The predicted octanol–water partition coefficient (Wildman–Crippen LogP) is 3.72. The van der Waals surface area contributed by atoms with Crippen LogP contribution in [-0.4, -0.2) is 52.7 Å². The van der Waals surface area contributed by atoms with Crippen molar-refractivity contribution in [3.05, 3.63) is 65.2 Å². The van der Waals surface area contributed by atoms with Gasteiger partial charge in [-0.15, -0.1) is 0 Å². The highest BCUT2D eigenvalue weighted by Gasteiger charge is 2.35. The Balaban J connectivity index is 2.41. The van der Waals surface area contributed by atoms with Gasteiger partial charge in [0.2, 0.25) is 5.91 Å². The van der Waals surface area contributed by atoms with Gasteiger partial charge in [0.15, 0.2) is 0 Å². The van der Waals surface area contributed by atoms with Gasteiger partial charge in [-0.1, -0.05) is 42.5 Å². The van der Waals surface area contributed by atoms with Crippen molar-refractivity contribution in [2.24, 2.45) is 0 Å². The van der Waals surface area contributed by atoms with Crippen LogP contribution in [0.3, 0.4) is 0 Å². The summed E-state index contributed by atoms with van der Waals surface area (Å²) in [7, 11) is 0. The molecule has 2 unspecified atom stereocenters. The van der Waals surface area contributed by atoms with Gasteiger partial charge in [-0.05, 0) is 64.3 Å². The number of ether oxygens (including phenoxy) is 1. The van der Waals surface area contributed by atoms with Gasteiger partial charge >= 0.3 is 6.09 Å². The summed E-state index contributed by atoms with van der Waals surface area (Å²) in [6.07, 6.45) is -0.742. The van der Waals surface area contributed by atoms with Gasteiger partial charge in [0.25, 0.3) is 5.91 Å².